The molecule has 2 rings (SSSR count). The molecule has 0 radical (unpaired) electrons. The van der Waals surface area contributed by atoms with Gasteiger partial charge in [0.1, 0.15) is 0 Å². The summed E-state index contributed by atoms with van der Waals surface area (Å²) in [5.41, 5.74) is 0.566. The number of nitrogens with zero attached hydrogens (tertiary/aromatic N) is 3. The van der Waals surface area contributed by atoms with E-state index in [1.807, 2.05) is 0 Å². The van der Waals surface area contributed by atoms with E-state index < -0.39 is 0 Å². The van der Waals surface area contributed by atoms with Crippen molar-refractivity contribution in [2.45, 2.75) is 39.7 Å². The minimum atomic E-state index is -0.118. The standard InChI is InChI=1S/C22H38N6O2.HI/c1-4-18(5-2)20(28-12-14-30-15-13-28)17-27-22(24-6-3)26-11-10-25-21(29)19-8-7-9-23-16-19;/h7-9,16,18,20H,4-6,10-15,17H2,1-3H3,(H,25,29)(H2,24,26,27);1H. The Morgan fingerprint density at radius 2 is 1.87 bits per heavy atom. The lowest BCUT2D eigenvalue weighted by molar-refractivity contribution is 0.00395. The van der Waals surface area contributed by atoms with Crippen LogP contribution in [0.15, 0.2) is 29.5 Å². The summed E-state index contributed by atoms with van der Waals surface area (Å²) in [5, 5.41) is 9.54. The van der Waals surface area contributed by atoms with Crippen molar-refractivity contribution in [1.82, 2.24) is 25.8 Å². The highest BCUT2D eigenvalue weighted by atomic mass is 127. The number of halogens is 1. The van der Waals surface area contributed by atoms with Crippen LogP contribution in [0.4, 0.5) is 0 Å². The van der Waals surface area contributed by atoms with Gasteiger partial charge in [0, 0.05) is 51.2 Å². The van der Waals surface area contributed by atoms with E-state index in [0.717, 1.165) is 58.2 Å². The topological polar surface area (TPSA) is 90.9 Å². The van der Waals surface area contributed by atoms with Crippen molar-refractivity contribution in [1.29, 1.82) is 0 Å². The van der Waals surface area contributed by atoms with Crippen molar-refractivity contribution < 1.29 is 9.53 Å². The first kappa shape index (κ1) is 27.6. The number of ether oxygens (including phenoxy) is 1. The lowest BCUT2D eigenvalue weighted by atomic mass is 9.92. The minimum Gasteiger partial charge on any atom is -0.379 e. The van der Waals surface area contributed by atoms with Gasteiger partial charge in [-0.25, -0.2) is 0 Å². The maximum atomic E-state index is 12.1. The predicted octanol–water partition coefficient (Wildman–Crippen LogP) is 2.12. The van der Waals surface area contributed by atoms with Crippen LogP contribution in [0.25, 0.3) is 0 Å². The highest BCUT2D eigenvalue weighted by molar-refractivity contribution is 14.0. The molecule has 1 aliphatic heterocycles. The fourth-order valence-corrected chi connectivity index (χ4v) is 3.79. The second-order valence-corrected chi connectivity index (χ2v) is 7.44. The molecule has 0 saturated carbocycles. The summed E-state index contributed by atoms with van der Waals surface area (Å²) in [6, 6.07) is 3.93. The van der Waals surface area contributed by atoms with E-state index in [1.165, 1.54) is 0 Å². The second kappa shape index (κ2) is 16.2. The summed E-state index contributed by atoms with van der Waals surface area (Å²) in [6.45, 7) is 12.8. The van der Waals surface area contributed by atoms with Crippen LogP contribution >= 0.6 is 24.0 Å². The summed E-state index contributed by atoms with van der Waals surface area (Å²) in [4.78, 5) is 23.5. The predicted molar refractivity (Wildman–Crippen MR) is 136 cm³/mol. The number of rotatable bonds is 11. The van der Waals surface area contributed by atoms with Crippen molar-refractivity contribution in [3.05, 3.63) is 30.1 Å². The van der Waals surface area contributed by atoms with Crippen LogP contribution in [0.5, 0.6) is 0 Å². The third kappa shape index (κ3) is 9.69. The Labute approximate surface area is 204 Å². The summed E-state index contributed by atoms with van der Waals surface area (Å²) in [5.74, 6) is 1.29. The number of carbonyl (C=O) groups excluding carboxylic acids is 1. The van der Waals surface area contributed by atoms with Gasteiger partial charge in [0.25, 0.3) is 5.91 Å². The first-order valence-corrected chi connectivity index (χ1v) is 11.2. The van der Waals surface area contributed by atoms with E-state index in [9.17, 15) is 4.79 Å². The number of carbonyl (C=O) groups is 1. The molecule has 1 aromatic heterocycles. The fourth-order valence-electron chi connectivity index (χ4n) is 3.79. The van der Waals surface area contributed by atoms with E-state index in [1.54, 1.807) is 24.5 Å². The van der Waals surface area contributed by atoms with Crippen molar-refractivity contribution in [2.75, 3.05) is 52.5 Å². The number of aromatic nitrogens is 1. The molecule has 0 spiro atoms. The molecule has 31 heavy (non-hydrogen) atoms. The number of guanidine groups is 1. The zero-order valence-corrected chi connectivity index (χ0v) is 21.4. The second-order valence-electron chi connectivity index (χ2n) is 7.44. The van der Waals surface area contributed by atoms with E-state index >= 15 is 0 Å². The fraction of sp³-hybridized carbons (Fsp3) is 0.682. The molecule has 1 fully saturated rings. The van der Waals surface area contributed by atoms with Crippen LogP contribution in [0.1, 0.15) is 44.0 Å². The molecular weight excluding hydrogens is 507 g/mol. The smallest absolute Gasteiger partial charge is 0.252 e. The van der Waals surface area contributed by atoms with Gasteiger partial charge in [-0.1, -0.05) is 26.7 Å². The minimum absolute atomic E-state index is 0. The van der Waals surface area contributed by atoms with Gasteiger partial charge in [-0.05, 0) is 25.0 Å². The van der Waals surface area contributed by atoms with Gasteiger partial charge in [-0.15, -0.1) is 24.0 Å². The Morgan fingerprint density at radius 1 is 1.16 bits per heavy atom. The van der Waals surface area contributed by atoms with Crippen molar-refractivity contribution in [2.24, 2.45) is 10.9 Å². The summed E-state index contributed by atoms with van der Waals surface area (Å²) in [7, 11) is 0. The molecule has 176 valence electrons. The van der Waals surface area contributed by atoms with Crippen LogP contribution in [0.3, 0.4) is 0 Å². The largest absolute Gasteiger partial charge is 0.379 e. The first-order chi connectivity index (χ1) is 14.7. The monoisotopic (exact) mass is 546 g/mol. The maximum absolute atomic E-state index is 12.1. The molecule has 8 nitrogen and oxygen atoms in total. The van der Waals surface area contributed by atoms with Crippen LogP contribution in [0, 0.1) is 5.92 Å². The number of aliphatic imine (C=N–C) groups is 1. The molecule has 0 aliphatic carbocycles. The number of hydrogen-bond donors (Lipinski definition) is 3. The lowest BCUT2D eigenvalue weighted by Gasteiger charge is -2.38. The Bertz CT molecular complexity index is 636. The van der Waals surface area contributed by atoms with Gasteiger partial charge in [-0.2, -0.15) is 0 Å². The average Bonchev–Trinajstić information content (AvgIpc) is 2.80. The summed E-state index contributed by atoms with van der Waals surface area (Å²) >= 11 is 0. The lowest BCUT2D eigenvalue weighted by Crippen LogP contribution is -2.49. The average molecular weight is 546 g/mol. The molecular formula is C22H39IN6O2. The molecule has 1 unspecified atom stereocenters. The Kier molecular flexibility index (Phi) is 14.4. The highest BCUT2D eigenvalue weighted by Crippen LogP contribution is 2.20. The Morgan fingerprint density at radius 3 is 2.48 bits per heavy atom. The number of hydrogen-bond acceptors (Lipinski definition) is 5. The van der Waals surface area contributed by atoms with Gasteiger partial charge >= 0.3 is 0 Å². The van der Waals surface area contributed by atoms with Crippen molar-refractivity contribution >= 4 is 35.8 Å². The molecule has 9 heteroatoms. The maximum Gasteiger partial charge on any atom is 0.252 e. The Balaban J connectivity index is 0.00000480. The molecule has 1 amide bonds. The molecule has 1 saturated heterocycles. The van der Waals surface area contributed by atoms with Crippen LogP contribution < -0.4 is 16.0 Å². The quantitative estimate of drug-likeness (QED) is 0.171. The van der Waals surface area contributed by atoms with Gasteiger partial charge in [0.15, 0.2) is 5.96 Å². The number of pyridine rings is 1. The molecule has 1 aliphatic rings. The molecule has 0 aromatic carbocycles. The van der Waals surface area contributed by atoms with Gasteiger partial charge in [0.2, 0.25) is 0 Å². The number of morpholine rings is 1. The van der Waals surface area contributed by atoms with Crippen LogP contribution in [-0.2, 0) is 4.74 Å². The van der Waals surface area contributed by atoms with Gasteiger partial charge in [-0.3, -0.25) is 19.7 Å². The van der Waals surface area contributed by atoms with Crippen molar-refractivity contribution in [3.8, 4) is 0 Å². The third-order valence-corrected chi connectivity index (χ3v) is 5.52. The highest BCUT2D eigenvalue weighted by Gasteiger charge is 2.26. The van der Waals surface area contributed by atoms with Crippen molar-refractivity contribution in [3.63, 3.8) is 0 Å². The zero-order valence-electron chi connectivity index (χ0n) is 19.1. The molecule has 3 N–H and O–H groups in total. The molecule has 1 aromatic rings. The SMILES string of the molecule is CCNC(=NCC(C(CC)CC)N1CCOCC1)NCCNC(=O)c1cccnc1.I. The molecule has 2 heterocycles. The molecule has 0 bridgehead atoms. The number of nitrogens with one attached hydrogen (secondary N) is 3. The van der Waals surface area contributed by atoms with Crippen LogP contribution in [0.2, 0.25) is 0 Å². The Hall–Kier alpha value is -1.46. The van der Waals surface area contributed by atoms with E-state index in [2.05, 4.69) is 46.6 Å². The van der Waals surface area contributed by atoms with Gasteiger partial charge in [0.05, 0.1) is 25.3 Å². The van der Waals surface area contributed by atoms with E-state index in [4.69, 9.17) is 9.73 Å². The summed E-state index contributed by atoms with van der Waals surface area (Å²) in [6.07, 6.45) is 5.53. The third-order valence-electron chi connectivity index (χ3n) is 5.52. The van der Waals surface area contributed by atoms with Gasteiger partial charge < -0.3 is 20.7 Å². The van der Waals surface area contributed by atoms with E-state index in [-0.39, 0.29) is 29.9 Å². The summed E-state index contributed by atoms with van der Waals surface area (Å²) < 4.78 is 5.54. The van der Waals surface area contributed by atoms with Crippen LogP contribution in [-0.4, -0.2) is 80.3 Å². The first-order valence-electron chi connectivity index (χ1n) is 11.2. The zero-order chi connectivity index (χ0) is 21.6. The normalized spacial score (nSPS) is 15.8. The van der Waals surface area contributed by atoms with E-state index in [0.29, 0.717) is 30.6 Å². The number of amides is 1. The molecule has 1 atom stereocenters.